The van der Waals surface area contributed by atoms with Crippen LogP contribution in [0.15, 0.2) is 36.7 Å². The molecule has 1 aliphatic heterocycles. The van der Waals surface area contributed by atoms with Gasteiger partial charge in [-0.05, 0) is 37.1 Å². The molecule has 0 atom stereocenters. The fraction of sp³-hybridized carbons (Fsp3) is 0.474. The zero-order valence-corrected chi connectivity index (χ0v) is 15.1. The second-order valence-electron chi connectivity index (χ2n) is 7.50. The standard InChI is InChI=1S/C19H25N5O/c1-19(2,3)16-4-5-17(23-22-16)24-12-8-15(9-13-24)21-18(25)14-6-10-20-11-7-14/h4-7,10-11,15H,8-9,12-13H2,1-3H3,(H,21,25). The Balaban J connectivity index is 1.54. The second-order valence-corrected chi connectivity index (χ2v) is 7.50. The molecule has 3 heterocycles. The summed E-state index contributed by atoms with van der Waals surface area (Å²) in [5.74, 6) is 0.877. The molecule has 0 unspecified atom stereocenters. The third kappa shape index (κ3) is 4.32. The number of hydrogen-bond donors (Lipinski definition) is 1. The number of anilines is 1. The summed E-state index contributed by atoms with van der Waals surface area (Å²) >= 11 is 0. The molecular weight excluding hydrogens is 314 g/mol. The average molecular weight is 339 g/mol. The van der Waals surface area contributed by atoms with Crippen molar-refractivity contribution >= 4 is 11.7 Å². The number of nitrogens with one attached hydrogen (secondary N) is 1. The van der Waals surface area contributed by atoms with Gasteiger partial charge in [0.05, 0.1) is 5.69 Å². The number of nitrogens with zero attached hydrogens (tertiary/aromatic N) is 4. The Kier molecular flexibility index (Phi) is 4.97. The fourth-order valence-corrected chi connectivity index (χ4v) is 2.92. The smallest absolute Gasteiger partial charge is 0.251 e. The number of piperidine rings is 1. The van der Waals surface area contributed by atoms with Crippen molar-refractivity contribution in [2.45, 2.75) is 45.1 Å². The number of carbonyl (C=O) groups is 1. The van der Waals surface area contributed by atoms with Gasteiger partial charge in [-0.3, -0.25) is 9.78 Å². The van der Waals surface area contributed by atoms with E-state index in [1.807, 2.05) is 6.07 Å². The molecule has 3 rings (SSSR count). The number of carbonyl (C=O) groups excluding carboxylic acids is 1. The first-order valence-electron chi connectivity index (χ1n) is 8.73. The van der Waals surface area contributed by atoms with Gasteiger partial charge in [0, 0.05) is 42.5 Å². The van der Waals surface area contributed by atoms with E-state index in [9.17, 15) is 4.79 Å². The SMILES string of the molecule is CC(C)(C)c1ccc(N2CCC(NC(=O)c3ccncc3)CC2)nn1. The van der Waals surface area contributed by atoms with Gasteiger partial charge in [0.25, 0.3) is 5.91 Å². The summed E-state index contributed by atoms with van der Waals surface area (Å²) in [4.78, 5) is 18.4. The van der Waals surface area contributed by atoms with Crippen LogP contribution < -0.4 is 10.2 Å². The Morgan fingerprint density at radius 3 is 2.32 bits per heavy atom. The molecule has 2 aromatic rings. The van der Waals surface area contributed by atoms with E-state index in [4.69, 9.17) is 0 Å². The van der Waals surface area contributed by atoms with Crippen molar-refractivity contribution in [3.05, 3.63) is 47.9 Å². The lowest BCUT2D eigenvalue weighted by molar-refractivity contribution is 0.0931. The van der Waals surface area contributed by atoms with Crippen LogP contribution in [-0.2, 0) is 5.41 Å². The van der Waals surface area contributed by atoms with Crippen LogP contribution in [-0.4, -0.2) is 40.2 Å². The summed E-state index contributed by atoms with van der Waals surface area (Å²) in [5.41, 5.74) is 1.66. The lowest BCUT2D eigenvalue weighted by Gasteiger charge is -2.33. The molecule has 0 radical (unpaired) electrons. The maximum Gasteiger partial charge on any atom is 0.251 e. The summed E-state index contributed by atoms with van der Waals surface area (Å²) in [6.07, 6.45) is 5.08. The summed E-state index contributed by atoms with van der Waals surface area (Å²) < 4.78 is 0. The van der Waals surface area contributed by atoms with Crippen LogP contribution in [0.2, 0.25) is 0 Å². The molecule has 0 aromatic carbocycles. The van der Waals surface area contributed by atoms with E-state index in [-0.39, 0.29) is 17.4 Å². The molecule has 6 heteroatoms. The van der Waals surface area contributed by atoms with E-state index in [2.05, 4.69) is 52.2 Å². The normalized spacial score (nSPS) is 15.9. The second kappa shape index (κ2) is 7.17. The first-order valence-corrected chi connectivity index (χ1v) is 8.73. The van der Waals surface area contributed by atoms with Crippen molar-refractivity contribution in [3.63, 3.8) is 0 Å². The van der Waals surface area contributed by atoms with Crippen molar-refractivity contribution in [1.29, 1.82) is 0 Å². The zero-order chi connectivity index (χ0) is 17.9. The van der Waals surface area contributed by atoms with E-state index in [1.54, 1.807) is 24.5 Å². The minimum atomic E-state index is -0.0322. The number of amides is 1. The van der Waals surface area contributed by atoms with Crippen LogP contribution in [0.5, 0.6) is 0 Å². The molecule has 0 saturated carbocycles. The highest BCUT2D eigenvalue weighted by atomic mass is 16.1. The molecule has 6 nitrogen and oxygen atoms in total. The maximum absolute atomic E-state index is 12.2. The van der Waals surface area contributed by atoms with Crippen LogP contribution in [0.1, 0.15) is 49.7 Å². The van der Waals surface area contributed by atoms with Gasteiger partial charge < -0.3 is 10.2 Å². The van der Waals surface area contributed by atoms with Crippen molar-refractivity contribution < 1.29 is 4.79 Å². The highest BCUT2D eigenvalue weighted by molar-refractivity contribution is 5.94. The highest BCUT2D eigenvalue weighted by Crippen LogP contribution is 2.22. The summed E-state index contributed by atoms with van der Waals surface area (Å²) in [7, 11) is 0. The Morgan fingerprint density at radius 2 is 1.76 bits per heavy atom. The largest absolute Gasteiger partial charge is 0.355 e. The van der Waals surface area contributed by atoms with Crippen LogP contribution in [0.4, 0.5) is 5.82 Å². The first-order chi connectivity index (χ1) is 11.9. The third-order valence-corrected chi connectivity index (χ3v) is 4.52. The number of hydrogen-bond acceptors (Lipinski definition) is 5. The van der Waals surface area contributed by atoms with Gasteiger partial charge in [0.2, 0.25) is 0 Å². The molecule has 1 N–H and O–H groups in total. The summed E-state index contributed by atoms with van der Waals surface area (Å²) in [6, 6.07) is 7.76. The molecule has 1 saturated heterocycles. The Hall–Kier alpha value is -2.50. The van der Waals surface area contributed by atoms with Gasteiger partial charge >= 0.3 is 0 Å². The summed E-state index contributed by atoms with van der Waals surface area (Å²) in [6.45, 7) is 8.13. The van der Waals surface area contributed by atoms with Crippen molar-refractivity contribution in [2.24, 2.45) is 0 Å². The highest BCUT2D eigenvalue weighted by Gasteiger charge is 2.23. The van der Waals surface area contributed by atoms with Crippen molar-refractivity contribution in [1.82, 2.24) is 20.5 Å². The molecule has 0 spiro atoms. The summed E-state index contributed by atoms with van der Waals surface area (Å²) in [5, 5.41) is 11.9. The molecule has 25 heavy (non-hydrogen) atoms. The molecule has 0 bridgehead atoms. The van der Waals surface area contributed by atoms with Gasteiger partial charge in [0.15, 0.2) is 5.82 Å². The Morgan fingerprint density at radius 1 is 1.08 bits per heavy atom. The average Bonchev–Trinajstić information content (AvgIpc) is 2.62. The monoisotopic (exact) mass is 339 g/mol. The molecule has 1 aliphatic rings. The van der Waals surface area contributed by atoms with Crippen LogP contribution >= 0.6 is 0 Å². The van der Waals surface area contributed by atoms with E-state index in [0.717, 1.165) is 37.4 Å². The van der Waals surface area contributed by atoms with E-state index < -0.39 is 0 Å². The van der Waals surface area contributed by atoms with E-state index in [0.29, 0.717) is 5.56 Å². The molecule has 132 valence electrons. The number of aromatic nitrogens is 3. The lowest BCUT2D eigenvalue weighted by Crippen LogP contribution is -2.45. The van der Waals surface area contributed by atoms with Crippen LogP contribution in [0, 0.1) is 0 Å². The number of rotatable bonds is 3. The van der Waals surface area contributed by atoms with Gasteiger partial charge in [-0.2, -0.15) is 5.10 Å². The van der Waals surface area contributed by atoms with Crippen LogP contribution in [0.25, 0.3) is 0 Å². The minimum Gasteiger partial charge on any atom is -0.355 e. The molecular formula is C19H25N5O. The van der Waals surface area contributed by atoms with Gasteiger partial charge in [-0.1, -0.05) is 20.8 Å². The predicted octanol–water partition coefficient (Wildman–Crippen LogP) is 2.57. The predicted molar refractivity (Wildman–Crippen MR) is 97.7 cm³/mol. The molecule has 1 amide bonds. The Bertz CT molecular complexity index is 701. The number of pyridine rings is 1. The van der Waals surface area contributed by atoms with Gasteiger partial charge in [0.1, 0.15) is 0 Å². The third-order valence-electron chi connectivity index (χ3n) is 4.52. The Labute approximate surface area is 148 Å². The van der Waals surface area contributed by atoms with Crippen molar-refractivity contribution in [3.8, 4) is 0 Å². The van der Waals surface area contributed by atoms with Crippen LogP contribution in [0.3, 0.4) is 0 Å². The van der Waals surface area contributed by atoms with E-state index in [1.165, 1.54) is 0 Å². The lowest BCUT2D eigenvalue weighted by atomic mass is 9.92. The maximum atomic E-state index is 12.2. The van der Waals surface area contributed by atoms with E-state index >= 15 is 0 Å². The fourth-order valence-electron chi connectivity index (χ4n) is 2.92. The zero-order valence-electron chi connectivity index (χ0n) is 15.1. The van der Waals surface area contributed by atoms with Gasteiger partial charge in [-0.15, -0.1) is 5.10 Å². The molecule has 2 aromatic heterocycles. The minimum absolute atomic E-state index is 0.00969. The van der Waals surface area contributed by atoms with Crippen molar-refractivity contribution in [2.75, 3.05) is 18.0 Å². The topological polar surface area (TPSA) is 71.0 Å². The molecule has 1 fully saturated rings. The quantitative estimate of drug-likeness (QED) is 0.930. The first kappa shape index (κ1) is 17.3. The van der Waals surface area contributed by atoms with Gasteiger partial charge in [-0.25, -0.2) is 0 Å². The molecule has 0 aliphatic carbocycles.